The van der Waals surface area contributed by atoms with E-state index in [0.717, 1.165) is 11.1 Å². The van der Waals surface area contributed by atoms with Crippen LogP contribution < -0.4 is 0 Å². The van der Waals surface area contributed by atoms with Crippen molar-refractivity contribution in [2.75, 3.05) is 0 Å². The second-order valence-electron chi connectivity index (χ2n) is 6.80. The lowest BCUT2D eigenvalue weighted by molar-refractivity contribution is 1.30. The number of benzene rings is 2. The highest BCUT2D eigenvalue weighted by Gasteiger charge is 2.00. The van der Waals surface area contributed by atoms with Crippen molar-refractivity contribution in [1.82, 2.24) is 0 Å². The van der Waals surface area contributed by atoms with Gasteiger partial charge in [-0.1, -0.05) is 59.1 Å². The average Bonchev–Trinajstić information content (AvgIpc) is 2.60. The van der Waals surface area contributed by atoms with Gasteiger partial charge in [-0.2, -0.15) is 0 Å². The molecule has 0 fully saturated rings. The second-order valence-corrected chi connectivity index (χ2v) is 6.80. The molecule has 0 heteroatoms. The van der Waals surface area contributed by atoms with Gasteiger partial charge in [0.15, 0.2) is 0 Å². The summed E-state index contributed by atoms with van der Waals surface area (Å²) in [7, 11) is 0. The lowest BCUT2D eigenvalue weighted by atomic mass is 10.0. The van der Waals surface area contributed by atoms with E-state index in [4.69, 9.17) is 0 Å². The molecule has 0 atom stereocenters. The van der Waals surface area contributed by atoms with Crippen LogP contribution >= 0.6 is 0 Å². The van der Waals surface area contributed by atoms with Gasteiger partial charge in [-0.25, -0.2) is 0 Å². The molecule has 0 aliphatic heterocycles. The summed E-state index contributed by atoms with van der Waals surface area (Å²) in [5, 5.41) is 0. The zero-order chi connectivity index (χ0) is 21.1. The van der Waals surface area contributed by atoms with Crippen LogP contribution in [-0.2, 0) is 0 Å². The van der Waals surface area contributed by atoms with E-state index < -0.39 is 0 Å². The van der Waals surface area contributed by atoms with Crippen LogP contribution in [0, 0.1) is 88.9 Å². The number of aryl methyl sites for hydroxylation is 6. The second kappa shape index (κ2) is 11.4. The molecule has 0 radical (unpaired) electrons. The first-order valence-electron chi connectivity index (χ1n) is 9.31. The van der Waals surface area contributed by atoms with E-state index in [2.05, 4.69) is 113 Å². The van der Waals surface area contributed by atoms with E-state index in [1.54, 1.807) is 13.8 Å². The Morgan fingerprint density at radius 2 is 0.750 bits per heavy atom. The van der Waals surface area contributed by atoms with Crippen LogP contribution in [0.5, 0.6) is 0 Å². The predicted octanol–water partition coefficient (Wildman–Crippen LogP) is 5.97. The van der Waals surface area contributed by atoms with Crippen LogP contribution in [0.3, 0.4) is 0 Å². The van der Waals surface area contributed by atoms with Gasteiger partial charge in [0.1, 0.15) is 0 Å². The van der Waals surface area contributed by atoms with Crippen molar-refractivity contribution in [3.63, 3.8) is 0 Å². The number of hydrogen-bond acceptors (Lipinski definition) is 0. The molecule has 140 valence electrons. The zero-order valence-electron chi connectivity index (χ0n) is 18.3. The van der Waals surface area contributed by atoms with E-state index in [-0.39, 0.29) is 0 Å². The molecule has 2 aromatic carbocycles. The summed E-state index contributed by atoms with van der Waals surface area (Å²) >= 11 is 0. The molecule has 0 aromatic heterocycles. The van der Waals surface area contributed by atoms with E-state index >= 15 is 0 Å². The van der Waals surface area contributed by atoms with Crippen LogP contribution in [0.1, 0.15) is 58.4 Å². The van der Waals surface area contributed by atoms with Gasteiger partial charge in [0, 0.05) is 11.1 Å². The lowest BCUT2D eigenvalue weighted by Gasteiger charge is -2.04. The summed E-state index contributed by atoms with van der Waals surface area (Å²) in [6.07, 6.45) is 0. The van der Waals surface area contributed by atoms with Gasteiger partial charge in [0.05, 0.1) is 0 Å². The van der Waals surface area contributed by atoms with E-state index in [1.165, 1.54) is 33.4 Å². The fourth-order valence-electron chi connectivity index (χ4n) is 3.07. The zero-order valence-corrected chi connectivity index (χ0v) is 18.3. The maximum Gasteiger partial charge on any atom is 0.0314 e. The standard InChI is InChI=1S/2C14H14/c2*1-5-6-7-8-14-12(3)9-11(2)10-13(14)4/h2*9-10H,1-4H3. The fraction of sp³-hybridized carbons (Fsp3) is 0.286. The molecule has 0 bridgehead atoms. The molecule has 0 heterocycles. The minimum absolute atomic E-state index is 1.11. The molecule has 2 aromatic rings. The van der Waals surface area contributed by atoms with Crippen molar-refractivity contribution in [1.29, 1.82) is 0 Å². The Bertz CT molecular complexity index is 958. The normalized spacial score (nSPS) is 8.29. The van der Waals surface area contributed by atoms with E-state index in [1.807, 2.05) is 0 Å². The molecular weight excluding hydrogens is 336 g/mol. The van der Waals surface area contributed by atoms with E-state index in [0.29, 0.717) is 0 Å². The highest BCUT2D eigenvalue weighted by Crippen LogP contribution is 2.15. The van der Waals surface area contributed by atoms with Gasteiger partial charge in [-0.3, -0.25) is 0 Å². The maximum atomic E-state index is 3.09. The van der Waals surface area contributed by atoms with Gasteiger partial charge < -0.3 is 0 Å². The van der Waals surface area contributed by atoms with Crippen molar-refractivity contribution >= 4 is 0 Å². The van der Waals surface area contributed by atoms with Crippen LogP contribution in [0.4, 0.5) is 0 Å². The van der Waals surface area contributed by atoms with Gasteiger partial charge in [0.2, 0.25) is 0 Å². The average molecular weight is 365 g/mol. The van der Waals surface area contributed by atoms with Gasteiger partial charge in [0.25, 0.3) is 0 Å². The fourth-order valence-corrected chi connectivity index (χ4v) is 3.07. The molecule has 0 aliphatic carbocycles. The Labute approximate surface area is 171 Å². The molecule has 0 aliphatic rings. The van der Waals surface area contributed by atoms with Crippen molar-refractivity contribution in [2.24, 2.45) is 0 Å². The van der Waals surface area contributed by atoms with E-state index in [9.17, 15) is 0 Å². The number of hydrogen-bond donors (Lipinski definition) is 0. The molecule has 2 rings (SSSR count). The Morgan fingerprint density at radius 1 is 0.464 bits per heavy atom. The van der Waals surface area contributed by atoms with Gasteiger partial charge in [-0.15, -0.1) is 0 Å². The van der Waals surface area contributed by atoms with Gasteiger partial charge >= 0.3 is 0 Å². The first kappa shape index (κ1) is 22.7. The Hall–Kier alpha value is -3.32. The largest absolute Gasteiger partial charge is 0.0925 e. The van der Waals surface area contributed by atoms with Crippen molar-refractivity contribution in [3.8, 4) is 47.4 Å². The molecule has 0 saturated carbocycles. The van der Waals surface area contributed by atoms with Crippen LogP contribution in [0.25, 0.3) is 0 Å². The summed E-state index contributed by atoms with van der Waals surface area (Å²) in [6.45, 7) is 16.1. The quantitative estimate of drug-likeness (QED) is 0.505. The SMILES string of the molecule is CC#CC#Cc1c(C)cc(C)cc1C.CC#CC#Cc1c(C)cc(C)cc1C. The molecule has 0 nitrogen and oxygen atoms in total. The minimum atomic E-state index is 1.11. The highest BCUT2D eigenvalue weighted by atomic mass is 14.0. The monoisotopic (exact) mass is 364 g/mol. The summed E-state index contributed by atoms with van der Waals surface area (Å²) in [5.74, 6) is 22.9. The molecule has 0 amide bonds. The summed E-state index contributed by atoms with van der Waals surface area (Å²) in [5.41, 5.74) is 9.71. The number of rotatable bonds is 0. The van der Waals surface area contributed by atoms with Crippen molar-refractivity contribution in [3.05, 3.63) is 68.8 Å². The highest BCUT2D eigenvalue weighted by molar-refractivity contribution is 5.51. The summed E-state index contributed by atoms with van der Waals surface area (Å²) in [6, 6.07) is 8.60. The third kappa shape index (κ3) is 7.13. The smallest absolute Gasteiger partial charge is 0.0314 e. The first-order chi connectivity index (χ1) is 13.3. The Morgan fingerprint density at radius 3 is 1.00 bits per heavy atom. The van der Waals surface area contributed by atoms with Crippen LogP contribution in [0.15, 0.2) is 24.3 Å². The maximum absolute atomic E-state index is 3.09. The molecule has 0 saturated heterocycles. The predicted molar refractivity (Wildman–Crippen MR) is 122 cm³/mol. The Kier molecular flexibility index (Phi) is 9.25. The molecule has 0 unspecified atom stereocenters. The summed E-state index contributed by atoms with van der Waals surface area (Å²) < 4.78 is 0. The van der Waals surface area contributed by atoms with Crippen molar-refractivity contribution < 1.29 is 0 Å². The topological polar surface area (TPSA) is 0 Å². The molecular formula is C28H28. The van der Waals surface area contributed by atoms with Gasteiger partial charge in [-0.05, 0) is 101 Å². The third-order valence-corrected chi connectivity index (χ3v) is 4.10. The minimum Gasteiger partial charge on any atom is -0.0925 e. The van der Waals surface area contributed by atoms with Crippen LogP contribution in [0.2, 0.25) is 0 Å². The summed E-state index contributed by atoms with van der Waals surface area (Å²) in [4.78, 5) is 0. The van der Waals surface area contributed by atoms with Crippen LogP contribution in [-0.4, -0.2) is 0 Å². The molecule has 0 N–H and O–H groups in total. The molecule has 28 heavy (non-hydrogen) atoms. The third-order valence-electron chi connectivity index (χ3n) is 4.10. The molecule has 0 spiro atoms. The first-order valence-corrected chi connectivity index (χ1v) is 9.31. The Balaban J connectivity index is 0.000000280. The lowest BCUT2D eigenvalue weighted by Crippen LogP contribution is -1.89. The van der Waals surface area contributed by atoms with Crippen molar-refractivity contribution in [2.45, 2.75) is 55.4 Å².